The van der Waals surface area contributed by atoms with Gasteiger partial charge in [0.25, 0.3) is 0 Å². The van der Waals surface area contributed by atoms with Crippen LogP contribution in [0.1, 0.15) is 38.5 Å². The lowest BCUT2D eigenvalue weighted by molar-refractivity contribution is -0.117. The largest absolute Gasteiger partial charge is 0.399 e. The molecule has 1 aromatic carbocycles. The highest BCUT2D eigenvalue weighted by Crippen LogP contribution is 2.23. The number of halogens is 1. The molecular formula is C16H23FN2O2. The van der Waals surface area contributed by atoms with Gasteiger partial charge in [0.1, 0.15) is 5.82 Å². The summed E-state index contributed by atoms with van der Waals surface area (Å²) in [7, 11) is 0. The van der Waals surface area contributed by atoms with E-state index in [1.165, 1.54) is 50.3 Å². The maximum Gasteiger partial charge on any atom is 0.226 e. The van der Waals surface area contributed by atoms with E-state index >= 15 is 0 Å². The fourth-order valence-corrected chi connectivity index (χ4v) is 2.62. The predicted molar refractivity (Wildman–Crippen MR) is 81.5 cm³/mol. The molecule has 0 aliphatic heterocycles. The highest BCUT2D eigenvalue weighted by molar-refractivity contribution is 5.91. The van der Waals surface area contributed by atoms with Gasteiger partial charge in [0, 0.05) is 12.3 Å². The maximum atomic E-state index is 13.5. The van der Waals surface area contributed by atoms with Crippen LogP contribution >= 0.6 is 0 Å². The number of anilines is 2. The van der Waals surface area contributed by atoms with Crippen molar-refractivity contribution in [2.24, 2.45) is 5.92 Å². The fourth-order valence-electron chi connectivity index (χ4n) is 2.62. The zero-order valence-electron chi connectivity index (χ0n) is 12.2. The summed E-state index contributed by atoms with van der Waals surface area (Å²) in [6.07, 6.45) is 6.56. The number of benzene rings is 1. The van der Waals surface area contributed by atoms with Crippen LogP contribution in [0.25, 0.3) is 0 Å². The fraction of sp³-hybridized carbons (Fsp3) is 0.562. The Morgan fingerprint density at radius 3 is 2.86 bits per heavy atom. The minimum Gasteiger partial charge on any atom is -0.399 e. The molecule has 1 fully saturated rings. The number of amides is 1. The zero-order valence-corrected chi connectivity index (χ0v) is 12.2. The third-order valence-corrected chi connectivity index (χ3v) is 3.82. The lowest BCUT2D eigenvalue weighted by atomic mass is 9.90. The van der Waals surface area contributed by atoms with Gasteiger partial charge in [-0.05, 0) is 37.0 Å². The standard InChI is InChI=1S/C16H23FN2O2/c17-14-7-6-13(18)10-15(14)19-16(20)8-9-21-11-12-4-2-1-3-5-12/h6-7,10,12H,1-5,8-9,11,18H2,(H,19,20). The molecule has 0 aromatic heterocycles. The Labute approximate surface area is 124 Å². The van der Waals surface area contributed by atoms with Crippen LogP contribution in [-0.4, -0.2) is 19.1 Å². The molecule has 0 atom stereocenters. The van der Waals surface area contributed by atoms with E-state index in [1.54, 1.807) is 0 Å². The summed E-state index contributed by atoms with van der Waals surface area (Å²) in [5.74, 6) is -0.114. The van der Waals surface area contributed by atoms with Crippen molar-refractivity contribution in [2.45, 2.75) is 38.5 Å². The van der Waals surface area contributed by atoms with Crippen molar-refractivity contribution in [3.63, 3.8) is 0 Å². The first kappa shape index (κ1) is 15.8. The number of carbonyl (C=O) groups excluding carboxylic acids is 1. The third-order valence-electron chi connectivity index (χ3n) is 3.82. The van der Waals surface area contributed by atoms with Crippen molar-refractivity contribution < 1.29 is 13.9 Å². The van der Waals surface area contributed by atoms with Crippen LogP contribution in [0.3, 0.4) is 0 Å². The van der Waals surface area contributed by atoms with Crippen LogP contribution in [0, 0.1) is 11.7 Å². The van der Waals surface area contributed by atoms with E-state index in [0.717, 1.165) is 6.61 Å². The SMILES string of the molecule is Nc1ccc(F)c(NC(=O)CCOCC2CCCCC2)c1. The molecule has 1 amide bonds. The van der Waals surface area contributed by atoms with Crippen LogP contribution in [0.5, 0.6) is 0 Å². The van der Waals surface area contributed by atoms with Gasteiger partial charge in [-0.1, -0.05) is 19.3 Å². The van der Waals surface area contributed by atoms with Gasteiger partial charge in [-0.2, -0.15) is 0 Å². The van der Waals surface area contributed by atoms with Crippen LogP contribution in [0.2, 0.25) is 0 Å². The minimum atomic E-state index is -0.485. The Kier molecular flexibility index (Phi) is 5.99. The smallest absolute Gasteiger partial charge is 0.226 e. The van der Waals surface area contributed by atoms with E-state index in [0.29, 0.717) is 18.2 Å². The first-order valence-corrected chi connectivity index (χ1v) is 7.58. The third kappa shape index (κ3) is 5.34. The molecule has 1 aliphatic rings. The van der Waals surface area contributed by atoms with Gasteiger partial charge < -0.3 is 15.8 Å². The summed E-state index contributed by atoms with van der Waals surface area (Å²) in [6.45, 7) is 1.09. The Hall–Kier alpha value is -1.62. The topological polar surface area (TPSA) is 64.3 Å². The Morgan fingerprint density at radius 2 is 2.10 bits per heavy atom. The molecule has 21 heavy (non-hydrogen) atoms. The zero-order chi connectivity index (χ0) is 15.1. The van der Waals surface area contributed by atoms with E-state index in [2.05, 4.69) is 5.32 Å². The van der Waals surface area contributed by atoms with E-state index in [-0.39, 0.29) is 18.0 Å². The number of carbonyl (C=O) groups is 1. The maximum absolute atomic E-state index is 13.5. The van der Waals surface area contributed by atoms with E-state index < -0.39 is 5.82 Å². The van der Waals surface area contributed by atoms with Crippen LogP contribution in [0.15, 0.2) is 18.2 Å². The molecule has 0 spiro atoms. The summed E-state index contributed by atoms with van der Waals surface area (Å²) < 4.78 is 19.0. The van der Waals surface area contributed by atoms with Crippen molar-refractivity contribution in [1.82, 2.24) is 0 Å². The second kappa shape index (κ2) is 7.98. The van der Waals surface area contributed by atoms with E-state index in [1.807, 2.05) is 0 Å². The second-order valence-corrected chi connectivity index (χ2v) is 5.62. The molecule has 116 valence electrons. The summed E-state index contributed by atoms with van der Waals surface area (Å²) in [4.78, 5) is 11.7. The van der Waals surface area contributed by atoms with Crippen molar-refractivity contribution >= 4 is 17.3 Å². The van der Waals surface area contributed by atoms with Crippen molar-refractivity contribution in [1.29, 1.82) is 0 Å². The van der Waals surface area contributed by atoms with Gasteiger partial charge in [0.2, 0.25) is 5.91 Å². The molecule has 1 aliphatic carbocycles. The molecule has 0 bridgehead atoms. The summed E-state index contributed by atoms with van der Waals surface area (Å²) in [5, 5.41) is 2.52. The first-order chi connectivity index (χ1) is 10.1. The van der Waals surface area contributed by atoms with Crippen LogP contribution < -0.4 is 11.1 Å². The summed E-state index contributed by atoms with van der Waals surface area (Å²) >= 11 is 0. The monoisotopic (exact) mass is 294 g/mol. The van der Waals surface area contributed by atoms with Gasteiger partial charge in [0.05, 0.1) is 18.7 Å². The normalized spacial score (nSPS) is 15.9. The lowest BCUT2D eigenvalue weighted by Gasteiger charge is -2.21. The lowest BCUT2D eigenvalue weighted by Crippen LogP contribution is -2.18. The van der Waals surface area contributed by atoms with E-state index in [9.17, 15) is 9.18 Å². The predicted octanol–water partition coefficient (Wildman–Crippen LogP) is 3.33. The molecule has 2 rings (SSSR count). The molecule has 0 saturated heterocycles. The summed E-state index contributed by atoms with van der Waals surface area (Å²) in [6, 6.07) is 4.11. The van der Waals surface area contributed by atoms with Gasteiger partial charge in [-0.25, -0.2) is 4.39 Å². The van der Waals surface area contributed by atoms with Crippen molar-refractivity contribution in [3.05, 3.63) is 24.0 Å². The second-order valence-electron chi connectivity index (χ2n) is 5.62. The Bertz CT molecular complexity index is 473. The molecule has 4 nitrogen and oxygen atoms in total. The minimum absolute atomic E-state index is 0.118. The van der Waals surface area contributed by atoms with E-state index in [4.69, 9.17) is 10.5 Å². The van der Waals surface area contributed by atoms with Crippen LogP contribution in [0.4, 0.5) is 15.8 Å². The number of hydrogen-bond donors (Lipinski definition) is 2. The number of nitrogens with one attached hydrogen (secondary N) is 1. The van der Waals surface area contributed by atoms with Crippen molar-refractivity contribution in [2.75, 3.05) is 24.3 Å². The molecule has 0 unspecified atom stereocenters. The number of nitrogen functional groups attached to an aromatic ring is 1. The molecule has 3 N–H and O–H groups in total. The Morgan fingerprint density at radius 1 is 1.33 bits per heavy atom. The number of rotatable bonds is 6. The quantitative estimate of drug-likeness (QED) is 0.625. The first-order valence-electron chi connectivity index (χ1n) is 7.58. The average molecular weight is 294 g/mol. The highest BCUT2D eigenvalue weighted by Gasteiger charge is 2.13. The van der Waals surface area contributed by atoms with Gasteiger partial charge in [0.15, 0.2) is 0 Å². The highest BCUT2D eigenvalue weighted by atomic mass is 19.1. The molecule has 1 saturated carbocycles. The molecule has 0 heterocycles. The molecule has 5 heteroatoms. The molecular weight excluding hydrogens is 271 g/mol. The number of nitrogens with two attached hydrogens (primary N) is 1. The molecule has 1 aromatic rings. The number of hydrogen-bond acceptors (Lipinski definition) is 3. The summed E-state index contributed by atoms with van der Waals surface area (Å²) in [5.41, 5.74) is 6.10. The Balaban J connectivity index is 1.66. The molecule has 0 radical (unpaired) electrons. The number of ether oxygens (including phenoxy) is 1. The van der Waals surface area contributed by atoms with Crippen molar-refractivity contribution in [3.8, 4) is 0 Å². The van der Waals surface area contributed by atoms with Gasteiger partial charge >= 0.3 is 0 Å². The average Bonchev–Trinajstić information content (AvgIpc) is 2.48. The van der Waals surface area contributed by atoms with Crippen LogP contribution in [-0.2, 0) is 9.53 Å². The van der Waals surface area contributed by atoms with Gasteiger partial charge in [-0.15, -0.1) is 0 Å². The van der Waals surface area contributed by atoms with Gasteiger partial charge in [-0.3, -0.25) is 4.79 Å².